The molecule has 52 heavy (non-hydrogen) atoms. The van der Waals surface area contributed by atoms with Crippen molar-refractivity contribution < 1.29 is 0 Å². The lowest BCUT2D eigenvalue weighted by atomic mass is 9.89. The van der Waals surface area contributed by atoms with Crippen LogP contribution in [0.5, 0.6) is 0 Å². The predicted molar refractivity (Wildman–Crippen MR) is 216 cm³/mol. The molecule has 0 atom stereocenters. The van der Waals surface area contributed by atoms with Gasteiger partial charge in [-0.25, -0.2) is 9.97 Å². The fourth-order valence-electron chi connectivity index (χ4n) is 7.51. The summed E-state index contributed by atoms with van der Waals surface area (Å²) in [6.45, 7) is 0. The molecule has 2 aromatic heterocycles. The van der Waals surface area contributed by atoms with Crippen molar-refractivity contribution >= 4 is 32.3 Å². The van der Waals surface area contributed by atoms with Gasteiger partial charge < -0.3 is 0 Å². The molecule has 0 aliphatic heterocycles. The van der Waals surface area contributed by atoms with Crippen molar-refractivity contribution in [3.05, 3.63) is 188 Å². The Morgan fingerprint density at radius 1 is 0.327 bits per heavy atom. The average Bonchev–Trinajstić information content (AvgIpc) is 3.23. The van der Waals surface area contributed by atoms with Crippen molar-refractivity contribution in [2.45, 2.75) is 0 Å². The molecule has 0 amide bonds. The van der Waals surface area contributed by atoms with Crippen LogP contribution in [0.4, 0.5) is 0 Å². The van der Waals surface area contributed by atoms with Crippen molar-refractivity contribution in [3.63, 3.8) is 0 Å². The quantitative estimate of drug-likeness (QED) is 0.166. The number of nitrogens with zero attached hydrogens (tertiary/aromatic N) is 3. The van der Waals surface area contributed by atoms with Gasteiger partial charge >= 0.3 is 0 Å². The van der Waals surface area contributed by atoms with Crippen molar-refractivity contribution in [1.29, 1.82) is 0 Å². The van der Waals surface area contributed by atoms with Gasteiger partial charge in [0.1, 0.15) is 0 Å². The fraction of sp³-hybridized carbons (Fsp3) is 0. The number of rotatable bonds is 6. The lowest BCUT2D eigenvalue weighted by Crippen LogP contribution is -1.96. The standard InChI is InChI=1S/C49H31N3/c1-2-7-32(8-3-1)40-11-5-12-41(29-40)46-30-45(51-49(52-46)39-22-14-33(15-23-39)42-13-6-28-50-31-42)35-18-16-34(17-19-35)43-26-24-38-21-20-36-9-4-10-37-25-27-44(43)48(38)47(36)37/h1-31H. The minimum Gasteiger partial charge on any atom is -0.264 e. The topological polar surface area (TPSA) is 38.7 Å². The average molecular weight is 662 g/mol. The van der Waals surface area contributed by atoms with Gasteiger partial charge in [0.2, 0.25) is 0 Å². The molecule has 0 aliphatic rings. The Morgan fingerprint density at radius 3 is 1.67 bits per heavy atom. The lowest BCUT2D eigenvalue weighted by molar-refractivity contribution is 1.18. The van der Waals surface area contributed by atoms with Gasteiger partial charge in [0, 0.05) is 29.1 Å². The third-order valence-electron chi connectivity index (χ3n) is 10.1. The van der Waals surface area contributed by atoms with Crippen molar-refractivity contribution in [2.75, 3.05) is 0 Å². The Kier molecular flexibility index (Phi) is 7.14. The summed E-state index contributed by atoms with van der Waals surface area (Å²) in [5.41, 5.74) is 11.7. The first-order valence-corrected chi connectivity index (χ1v) is 17.6. The minimum absolute atomic E-state index is 0.686. The van der Waals surface area contributed by atoms with E-state index < -0.39 is 0 Å². The van der Waals surface area contributed by atoms with Crippen molar-refractivity contribution in [3.8, 4) is 67.3 Å². The van der Waals surface area contributed by atoms with E-state index in [2.05, 4.69) is 169 Å². The molecule has 0 radical (unpaired) electrons. The first-order chi connectivity index (χ1) is 25.7. The Balaban J connectivity index is 1.08. The summed E-state index contributed by atoms with van der Waals surface area (Å²) in [4.78, 5) is 14.6. The highest BCUT2D eigenvalue weighted by molar-refractivity contribution is 6.25. The van der Waals surface area contributed by atoms with E-state index in [4.69, 9.17) is 9.97 Å². The maximum Gasteiger partial charge on any atom is 0.160 e. The number of hydrogen-bond acceptors (Lipinski definition) is 3. The highest BCUT2D eigenvalue weighted by atomic mass is 14.9. The molecule has 242 valence electrons. The van der Waals surface area contributed by atoms with Crippen molar-refractivity contribution in [1.82, 2.24) is 15.0 Å². The molecule has 0 spiro atoms. The molecule has 8 aromatic carbocycles. The van der Waals surface area contributed by atoms with Crippen LogP contribution in [0.3, 0.4) is 0 Å². The molecule has 0 unspecified atom stereocenters. The zero-order valence-corrected chi connectivity index (χ0v) is 28.2. The van der Waals surface area contributed by atoms with Crippen LogP contribution in [0.25, 0.3) is 99.6 Å². The molecular formula is C49H31N3. The van der Waals surface area contributed by atoms with Crippen LogP contribution >= 0.6 is 0 Å². The van der Waals surface area contributed by atoms with E-state index in [0.717, 1.165) is 44.8 Å². The number of pyridine rings is 1. The van der Waals surface area contributed by atoms with E-state index in [9.17, 15) is 0 Å². The van der Waals surface area contributed by atoms with Crippen LogP contribution in [0.15, 0.2) is 188 Å². The molecule has 3 nitrogen and oxygen atoms in total. The summed E-state index contributed by atoms with van der Waals surface area (Å²) in [5.74, 6) is 0.686. The number of aromatic nitrogens is 3. The van der Waals surface area contributed by atoms with E-state index in [0.29, 0.717) is 5.82 Å². The highest BCUT2D eigenvalue weighted by Gasteiger charge is 2.15. The summed E-state index contributed by atoms with van der Waals surface area (Å²) in [6, 6.07) is 62.5. The Labute approximate surface area is 301 Å². The largest absolute Gasteiger partial charge is 0.264 e. The van der Waals surface area contributed by atoms with Gasteiger partial charge in [-0.15, -0.1) is 0 Å². The first kappa shape index (κ1) is 29.9. The lowest BCUT2D eigenvalue weighted by Gasteiger charge is -2.14. The molecule has 0 aliphatic carbocycles. The second kappa shape index (κ2) is 12.4. The van der Waals surface area contributed by atoms with E-state index in [1.165, 1.54) is 49.0 Å². The predicted octanol–water partition coefficient (Wildman–Crippen LogP) is 12.8. The minimum atomic E-state index is 0.686. The Hall–Kier alpha value is -6.97. The zero-order chi connectivity index (χ0) is 34.4. The second-order valence-electron chi connectivity index (χ2n) is 13.3. The Bertz CT molecular complexity index is 2850. The van der Waals surface area contributed by atoms with Crippen LogP contribution in [0.2, 0.25) is 0 Å². The summed E-state index contributed by atoms with van der Waals surface area (Å²) >= 11 is 0. The normalized spacial score (nSPS) is 11.5. The molecule has 0 N–H and O–H groups in total. The molecule has 10 rings (SSSR count). The molecule has 10 aromatic rings. The fourth-order valence-corrected chi connectivity index (χ4v) is 7.51. The summed E-state index contributed by atoms with van der Waals surface area (Å²) in [5, 5.41) is 7.76. The number of hydrogen-bond donors (Lipinski definition) is 0. The molecule has 3 heteroatoms. The monoisotopic (exact) mass is 661 g/mol. The molecule has 0 fully saturated rings. The third kappa shape index (κ3) is 5.28. The second-order valence-corrected chi connectivity index (χ2v) is 13.3. The van der Waals surface area contributed by atoms with Crippen LogP contribution in [-0.4, -0.2) is 15.0 Å². The number of benzene rings is 8. The molecular weight excluding hydrogens is 631 g/mol. The van der Waals surface area contributed by atoms with Crippen LogP contribution in [0.1, 0.15) is 0 Å². The van der Waals surface area contributed by atoms with Gasteiger partial charge in [0.25, 0.3) is 0 Å². The van der Waals surface area contributed by atoms with E-state index >= 15 is 0 Å². The maximum atomic E-state index is 5.17. The Morgan fingerprint density at radius 2 is 0.904 bits per heavy atom. The van der Waals surface area contributed by atoms with Crippen molar-refractivity contribution in [2.24, 2.45) is 0 Å². The molecule has 0 bridgehead atoms. The molecule has 0 saturated carbocycles. The van der Waals surface area contributed by atoms with Gasteiger partial charge in [-0.05, 0) is 83.9 Å². The third-order valence-corrected chi connectivity index (χ3v) is 10.1. The molecule has 0 saturated heterocycles. The van der Waals surface area contributed by atoms with Crippen LogP contribution in [0, 0.1) is 0 Å². The van der Waals surface area contributed by atoms with Crippen LogP contribution in [-0.2, 0) is 0 Å². The maximum absolute atomic E-state index is 5.17. The SMILES string of the molecule is c1ccc(-c2cccc(-c3cc(-c4ccc(-c5ccc6ccc7cccc8ccc5c6c78)cc4)nc(-c4ccc(-c5cccnc5)cc4)n3)c2)cc1. The molecule has 2 heterocycles. The van der Waals surface area contributed by atoms with Gasteiger partial charge in [-0.2, -0.15) is 0 Å². The summed E-state index contributed by atoms with van der Waals surface area (Å²) in [7, 11) is 0. The van der Waals surface area contributed by atoms with Gasteiger partial charge in [0.15, 0.2) is 5.82 Å². The van der Waals surface area contributed by atoms with Gasteiger partial charge in [-0.3, -0.25) is 4.98 Å². The van der Waals surface area contributed by atoms with Gasteiger partial charge in [-0.1, -0.05) is 158 Å². The van der Waals surface area contributed by atoms with Gasteiger partial charge in [0.05, 0.1) is 11.4 Å². The zero-order valence-electron chi connectivity index (χ0n) is 28.2. The van der Waals surface area contributed by atoms with E-state index in [1.807, 2.05) is 18.3 Å². The van der Waals surface area contributed by atoms with Crippen LogP contribution < -0.4 is 0 Å². The highest BCUT2D eigenvalue weighted by Crippen LogP contribution is 2.40. The van der Waals surface area contributed by atoms with E-state index in [-0.39, 0.29) is 0 Å². The smallest absolute Gasteiger partial charge is 0.160 e. The summed E-state index contributed by atoms with van der Waals surface area (Å²) < 4.78 is 0. The van der Waals surface area contributed by atoms with E-state index in [1.54, 1.807) is 6.20 Å². The first-order valence-electron chi connectivity index (χ1n) is 17.6. The summed E-state index contributed by atoms with van der Waals surface area (Å²) in [6.07, 6.45) is 3.68.